The minimum Gasteiger partial charge on any atom is -0.497 e. The number of nitrogens with one attached hydrogen (secondary N) is 1. The highest BCUT2D eigenvalue weighted by Gasteiger charge is 2.41. The molecule has 2 heterocycles. The van der Waals surface area contributed by atoms with Crippen molar-refractivity contribution >= 4 is 35.6 Å². The Balaban J connectivity index is 0.00000225. The number of halogens is 1. The van der Waals surface area contributed by atoms with Crippen molar-refractivity contribution in [1.29, 1.82) is 0 Å². The summed E-state index contributed by atoms with van der Waals surface area (Å²) in [6, 6.07) is 8.41. The summed E-state index contributed by atoms with van der Waals surface area (Å²) in [4.78, 5) is 9.56. The highest BCUT2D eigenvalue weighted by Crippen LogP contribution is 2.45. The van der Waals surface area contributed by atoms with E-state index in [4.69, 9.17) is 4.74 Å². The van der Waals surface area contributed by atoms with Gasteiger partial charge in [-0.05, 0) is 49.1 Å². The topological polar surface area (TPSA) is 40.1 Å². The fraction of sp³-hybridized carbons (Fsp3) is 0.682. The number of aliphatic imine (C=N–C) groups is 1. The molecule has 3 fully saturated rings. The molecule has 6 heteroatoms. The van der Waals surface area contributed by atoms with Crippen LogP contribution < -0.4 is 15.0 Å². The van der Waals surface area contributed by atoms with Gasteiger partial charge in [-0.2, -0.15) is 0 Å². The average Bonchev–Trinajstić information content (AvgIpc) is 3.45. The molecule has 1 spiro atoms. The van der Waals surface area contributed by atoms with Crippen molar-refractivity contribution in [2.45, 2.75) is 38.5 Å². The number of nitrogens with zero attached hydrogens (tertiary/aromatic N) is 3. The van der Waals surface area contributed by atoms with Crippen LogP contribution in [0, 0.1) is 11.3 Å². The molecular weight excluding hydrogens is 463 g/mol. The lowest BCUT2D eigenvalue weighted by Gasteiger charge is -2.26. The van der Waals surface area contributed by atoms with E-state index in [1.165, 1.54) is 57.3 Å². The summed E-state index contributed by atoms with van der Waals surface area (Å²) in [5.74, 6) is 2.71. The van der Waals surface area contributed by atoms with Gasteiger partial charge in [-0.1, -0.05) is 18.9 Å². The van der Waals surface area contributed by atoms with Gasteiger partial charge >= 0.3 is 0 Å². The summed E-state index contributed by atoms with van der Waals surface area (Å²) in [5, 5.41) is 3.68. The Morgan fingerprint density at radius 2 is 2.07 bits per heavy atom. The number of hydrogen-bond acceptors (Lipinski definition) is 3. The minimum atomic E-state index is 0. The fourth-order valence-electron chi connectivity index (χ4n) is 5.26. The molecule has 1 unspecified atom stereocenters. The Kier molecular flexibility index (Phi) is 7.34. The van der Waals surface area contributed by atoms with Gasteiger partial charge in [-0.3, -0.25) is 4.99 Å². The Hall–Kier alpha value is -1.18. The number of benzene rings is 1. The van der Waals surface area contributed by atoms with Crippen LogP contribution in [0.4, 0.5) is 5.69 Å². The minimum absolute atomic E-state index is 0. The van der Waals surface area contributed by atoms with E-state index >= 15 is 0 Å². The van der Waals surface area contributed by atoms with Gasteiger partial charge < -0.3 is 19.9 Å². The highest BCUT2D eigenvalue weighted by atomic mass is 127. The SMILES string of the molecule is CN=C(NCC1CCN(c2cccc(OC)c2)C1)N1CCC2(CCCC2)C1.I. The van der Waals surface area contributed by atoms with Crippen molar-refractivity contribution < 1.29 is 4.74 Å². The summed E-state index contributed by atoms with van der Waals surface area (Å²) in [6.07, 6.45) is 8.24. The molecule has 3 aliphatic rings. The second-order valence-corrected chi connectivity index (χ2v) is 8.61. The molecule has 1 saturated carbocycles. The summed E-state index contributed by atoms with van der Waals surface area (Å²) >= 11 is 0. The van der Waals surface area contributed by atoms with E-state index in [1.807, 2.05) is 13.1 Å². The number of guanidine groups is 1. The van der Waals surface area contributed by atoms with E-state index in [0.717, 1.165) is 31.3 Å². The zero-order valence-electron chi connectivity index (χ0n) is 17.3. The molecular formula is C22H35IN4O. The molecule has 156 valence electrons. The van der Waals surface area contributed by atoms with Gasteiger partial charge in [-0.15, -0.1) is 24.0 Å². The first-order chi connectivity index (χ1) is 13.2. The fourth-order valence-corrected chi connectivity index (χ4v) is 5.26. The third-order valence-corrected chi connectivity index (χ3v) is 6.87. The molecule has 1 aliphatic carbocycles. The van der Waals surface area contributed by atoms with Crippen LogP contribution in [-0.2, 0) is 0 Å². The van der Waals surface area contributed by atoms with Crippen molar-refractivity contribution in [2.24, 2.45) is 16.3 Å². The number of rotatable bonds is 4. The molecule has 1 N–H and O–H groups in total. The molecule has 0 radical (unpaired) electrons. The highest BCUT2D eigenvalue weighted by molar-refractivity contribution is 14.0. The first-order valence-electron chi connectivity index (χ1n) is 10.6. The maximum Gasteiger partial charge on any atom is 0.193 e. The molecule has 0 aromatic heterocycles. The van der Waals surface area contributed by atoms with Crippen molar-refractivity contribution in [3.63, 3.8) is 0 Å². The van der Waals surface area contributed by atoms with Crippen LogP contribution in [0.25, 0.3) is 0 Å². The van der Waals surface area contributed by atoms with Gasteiger partial charge in [0.25, 0.3) is 0 Å². The lowest BCUT2D eigenvalue weighted by atomic mass is 9.86. The van der Waals surface area contributed by atoms with E-state index in [1.54, 1.807) is 7.11 Å². The smallest absolute Gasteiger partial charge is 0.193 e. The first-order valence-corrected chi connectivity index (χ1v) is 10.6. The monoisotopic (exact) mass is 498 g/mol. The van der Waals surface area contributed by atoms with Gasteiger partial charge in [0.1, 0.15) is 5.75 Å². The molecule has 2 aliphatic heterocycles. The Bertz CT molecular complexity index is 674. The second-order valence-electron chi connectivity index (χ2n) is 8.61. The third kappa shape index (κ3) is 4.69. The average molecular weight is 498 g/mol. The Morgan fingerprint density at radius 3 is 2.82 bits per heavy atom. The maximum absolute atomic E-state index is 5.37. The van der Waals surface area contributed by atoms with Gasteiger partial charge in [0.15, 0.2) is 5.96 Å². The van der Waals surface area contributed by atoms with E-state index in [9.17, 15) is 0 Å². The summed E-state index contributed by atoms with van der Waals surface area (Å²) in [6.45, 7) is 5.59. The normalized spacial score (nSPS) is 23.9. The molecule has 1 aromatic rings. The van der Waals surface area contributed by atoms with Crippen molar-refractivity contribution in [2.75, 3.05) is 51.8 Å². The summed E-state index contributed by atoms with van der Waals surface area (Å²) in [7, 11) is 3.66. The summed E-state index contributed by atoms with van der Waals surface area (Å²) in [5.41, 5.74) is 1.86. The Labute approximate surface area is 186 Å². The standard InChI is InChI=1S/C22H34N4O.HI/c1-23-21(26-13-11-22(17-26)9-3-4-10-22)24-15-18-8-12-25(16-18)19-6-5-7-20(14-19)27-2;/h5-7,14,18H,3-4,8-13,15-17H2,1-2H3,(H,23,24);1H. The van der Waals surface area contributed by atoms with E-state index in [2.05, 4.69) is 38.3 Å². The van der Waals surface area contributed by atoms with E-state index < -0.39 is 0 Å². The number of methoxy groups -OCH3 is 1. The molecule has 28 heavy (non-hydrogen) atoms. The van der Waals surface area contributed by atoms with Crippen LogP contribution in [0.1, 0.15) is 38.5 Å². The van der Waals surface area contributed by atoms with Gasteiger partial charge in [0.2, 0.25) is 0 Å². The number of anilines is 1. The predicted octanol–water partition coefficient (Wildman–Crippen LogP) is 3.98. The molecule has 0 bridgehead atoms. The van der Waals surface area contributed by atoms with Gasteiger partial charge in [0, 0.05) is 51.5 Å². The lowest BCUT2D eigenvalue weighted by Crippen LogP contribution is -2.43. The van der Waals surface area contributed by atoms with Gasteiger partial charge in [-0.25, -0.2) is 0 Å². The molecule has 4 rings (SSSR count). The predicted molar refractivity (Wildman–Crippen MR) is 127 cm³/mol. The van der Waals surface area contributed by atoms with Crippen LogP contribution >= 0.6 is 24.0 Å². The second kappa shape index (κ2) is 9.55. The quantitative estimate of drug-likeness (QED) is 0.388. The zero-order valence-corrected chi connectivity index (χ0v) is 19.7. The van der Waals surface area contributed by atoms with Crippen molar-refractivity contribution in [3.05, 3.63) is 24.3 Å². The lowest BCUT2D eigenvalue weighted by molar-refractivity contribution is 0.309. The zero-order chi connectivity index (χ0) is 18.7. The first kappa shape index (κ1) is 21.5. The molecule has 2 saturated heterocycles. The van der Waals surface area contributed by atoms with E-state index in [-0.39, 0.29) is 24.0 Å². The van der Waals surface area contributed by atoms with Crippen molar-refractivity contribution in [1.82, 2.24) is 10.2 Å². The number of ether oxygens (including phenoxy) is 1. The molecule has 5 nitrogen and oxygen atoms in total. The largest absolute Gasteiger partial charge is 0.497 e. The van der Waals surface area contributed by atoms with Crippen molar-refractivity contribution in [3.8, 4) is 5.75 Å². The molecule has 1 atom stereocenters. The van der Waals surface area contributed by atoms with Crippen LogP contribution in [0.15, 0.2) is 29.3 Å². The summed E-state index contributed by atoms with van der Waals surface area (Å²) < 4.78 is 5.37. The molecule has 1 aromatic carbocycles. The van der Waals surface area contributed by atoms with Gasteiger partial charge in [0.05, 0.1) is 7.11 Å². The Morgan fingerprint density at radius 1 is 1.25 bits per heavy atom. The van der Waals surface area contributed by atoms with Crippen LogP contribution in [-0.4, -0.2) is 57.7 Å². The number of likely N-dealkylation sites (tertiary alicyclic amines) is 1. The maximum atomic E-state index is 5.37. The number of hydrogen-bond donors (Lipinski definition) is 1. The molecule has 0 amide bonds. The van der Waals surface area contributed by atoms with E-state index in [0.29, 0.717) is 11.3 Å². The van der Waals surface area contributed by atoms with Crippen LogP contribution in [0.3, 0.4) is 0 Å². The van der Waals surface area contributed by atoms with Crippen LogP contribution in [0.2, 0.25) is 0 Å². The third-order valence-electron chi connectivity index (χ3n) is 6.87. The van der Waals surface area contributed by atoms with Crippen LogP contribution in [0.5, 0.6) is 5.75 Å².